The van der Waals surface area contributed by atoms with Crippen LogP contribution in [0.5, 0.6) is 0 Å². The molecule has 0 unspecified atom stereocenters. The number of hydrogen-bond donors (Lipinski definition) is 2. The van der Waals surface area contributed by atoms with Crippen molar-refractivity contribution >= 4 is 40.0 Å². The van der Waals surface area contributed by atoms with Gasteiger partial charge in [0.1, 0.15) is 0 Å². The topological polar surface area (TPSA) is 79.9 Å². The fraction of sp³-hybridized carbons (Fsp3) is 0.294. The molecule has 0 saturated heterocycles. The molecule has 6 nitrogen and oxygen atoms in total. The van der Waals surface area contributed by atoms with Gasteiger partial charge in [-0.3, -0.25) is 9.48 Å². The maximum absolute atomic E-state index is 12.0. The van der Waals surface area contributed by atoms with Crippen LogP contribution in [0, 0.1) is 0 Å². The summed E-state index contributed by atoms with van der Waals surface area (Å²) in [4.78, 5) is 17.2. The molecule has 25 heavy (non-hydrogen) atoms. The number of nitrogens with zero attached hydrogens (tertiary/aromatic N) is 3. The highest BCUT2D eigenvalue weighted by molar-refractivity contribution is 6.45. The second-order valence-corrected chi connectivity index (χ2v) is 6.98. The monoisotopic (exact) mass is 377 g/mol. The Morgan fingerprint density at radius 3 is 2.92 bits per heavy atom. The summed E-state index contributed by atoms with van der Waals surface area (Å²) in [5.74, 6) is -0.0561. The van der Waals surface area contributed by atoms with Crippen LogP contribution in [0.25, 0.3) is 22.2 Å². The van der Waals surface area contributed by atoms with Crippen molar-refractivity contribution in [2.24, 2.45) is 12.8 Å². The molecule has 1 aliphatic heterocycles. The third kappa shape index (κ3) is 2.61. The fourth-order valence-electron chi connectivity index (χ4n) is 3.44. The summed E-state index contributed by atoms with van der Waals surface area (Å²) in [6.07, 6.45) is 2.61. The minimum absolute atomic E-state index is 0.0113. The molecule has 2 aromatic heterocycles. The van der Waals surface area contributed by atoms with E-state index in [1.807, 2.05) is 25.4 Å². The normalized spacial score (nSPS) is 14.2. The maximum atomic E-state index is 12.0. The molecule has 0 radical (unpaired) electrons. The second-order valence-electron chi connectivity index (χ2n) is 6.20. The molecule has 4 rings (SSSR count). The number of nitrogens with one attached hydrogen (secondary N) is 1. The van der Waals surface area contributed by atoms with Crippen molar-refractivity contribution in [3.8, 4) is 11.3 Å². The Balaban J connectivity index is 1.96. The summed E-state index contributed by atoms with van der Waals surface area (Å²) in [7, 11) is 1.87. The fourth-order valence-corrected chi connectivity index (χ4v) is 3.84. The van der Waals surface area contributed by atoms with Gasteiger partial charge in [-0.05, 0) is 12.1 Å². The lowest BCUT2D eigenvalue weighted by Crippen LogP contribution is -2.39. The van der Waals surface area contributed by atoms with Gasteiger partial charge in [-0.15, -0.1) is 0 Å². The Kier molecular flexibility index (Phi) is 3.98. The Bertz CT molecular complexity index is 991. The molecule has 0 aliphatic carbocycles. The van der Waals surface area contributed by atoms with E-state index in [9.17, 15) is 4.79 Å². The number of amides is 1. The molecule has 1 aromatic carbocycles. The third-order valence-corrected chi connectivity index (χ3v) is 5.45. The SMILES string of the molecule is Cn1ccc(-c2cc(Cl)c(Cl)c3[nH]c4c(c23)CN(C(=O)CN)CC4)n1. The molecule has 8 heteroatoms. The number of halogens is 2. The van der Waals surface area contributed by atoms with E-state index in [4.69, 9.17) is 28.9 Å². The minimum Gasteiger partial charge on any atom is -0.357 e. The molecular weight excluding hydrogens is 361 g/mol. The van der Waals surface area contributed by atoms with Crippen molar-refractivity contribution in [3.63, 3.8) is 0 Å². The molecule has 0 saturated carbocycles. The number of fused-ring (bicyclic) bond motifs is 3. The van der Waals surface area contributed by atoms with E-state index in [1.165, 1.54) is 0 Å². The number of rotatable bonds is 2. The number of hydrogen-bond acceptors (Lipinski definition) is 3. The first-order valence-electron chi connectivity index (χ1n) is 7.99. The molecule has 1 aliphatic rings. The predicted molar refractivity (Wildman–Crippen MR) is 98.7 cm³/mol. The summed E-state index contributed by atoms with van der Waals surface area (Å²) in [5.41, 5.74) is 10.2. The van der Waals surface area contributed by atoms with Crippen LogP contribution in [-0.2, 0) is 24.8 Å². The number of aryl methyl sites for hydroxylation is 1. The van der Waals surface area contributed by atoms with Gasteiger partial charge in [-0.25, -0.2) is 0 Å². The Hall–Kier alpha value is -2.02. The number of benzene rings is 1. The molecule has 3 heterocycles. The van der Waals surface area contributed by atoms with Gasteiger partial charge in [-0.2, -0.15) is 5.10 Å². The molecular formula is C17H17Cl2N5O. The lowest BCUT2D eigenvalue weighted by Gasteiger charge is -2.27. The number of carbonyl (C=O) groups excluding carboxylic acids is 1. The largest absolute Gasteiger partial charge is 0.357 e. The first-order valence-corrected chi connectivity index (χ1v) is 8.74. The van der Waals surface area contributed by atoms with Gasteiger partial charge in [0.05, 0.1) is 27.8 Å². The smallest absolute Gasteiger partial charge is 0.236 e. The highest BCUT2D eigenvalue weighted by Crippen LogP contribution is 2.41. The molecule has 0 bridgehead atoms. The predicted octanol–water partition coefficient (Wildman–Crippen LogP) is 2.72. The zero-order valence-corrected chi connectivity index (χ0v) is 15.2. The highest BCUT2D eigenvalue weighted by atomic mass is 35.5. The summed E-state index contributed by atoms with van der Waals surface area (Å²) in [5, 5.41) is 6.43. The van der Waals surface area contributed by atoms with Crippen molar-refractivity contribution in [1.82, 2.24) is 19.7 Å². The van der Waals surface area contributed by atoms with Crippen molar-refractivity contribution in [2.45, 2.75) is 13.0 Å². The molecule has 1 amide bonds. The zero-order valence-electron chi connectivity index (χ0n) is 13.6. The summed E-state index contributed by atoms with van der Waals surface area (Å²) < 4.78 is 1.74. The first-order chi connectivity index (χ1) is 12.0. The van der Waals surface area contributed by atoms with Gasteiger partial charge in [0.25, 0.3) is 0 Å². The van der Waals surface area contributed by atoms with Crippen LogP contribution in [0.2, 0.25) is 10.0 Å². The van der Waals surface area contributed by atoms with Crippen LogP contribution >= 0.6 is 23.2 Å². The van der Waals surface area contributed by atoms with Crippen molar-refractivity contribution < 1.29 is 4.79 Å². The van der Waals surface area contributed by atoms with E-state index >= 15 is 0 Å². The van der Waals surface area contributed by atoms with Crippen molar-refractivity contribution in [3.05, 3.63) is 39.6 Å². The van der Waals surface area contributed by atoms with Crippen LogP contribution in [-0.4, -0.2) is 38.7 Å². The van der Waals surface area contributed by atoms with Gasteiger partial charge in [0, 0.05) is 55.0 Å². The van der Waals surface area contributed by atoms with Crippen LogP contribution in [0.3, 0.4) is 0 Å². The van der Waals surface area contributed by atoms with Crippen LogP contribution in [0.4, 0.5) is 0 Å². The van der Waals surface area contributed by atoms with E-state index in [2.05, 4.69) is 10.1 Å². The highest BCUT2D eigenvalue weighted by Gasteiger charge is 2.27. The van der Waals surface area contributed by atoms with Crippen LogP contribution in [0.1, 0.15) is 11.3 Å². The number of nitrogens with two attached hydrogens (primary N) is 1. The number of carbonyl (C=O) groups is 1. The van der Waals surface area contributed by atoms with Crippen molar-refractivity contribution in [1.29, 1.82) is 0 Å². The lowest BCUT2D eigenvalue weighted by molar-refractivity contribution is -0.130. The molecule has 0 atom stereocenters. The zero-order chi connectivity index (χ0) is 17.7. The number of aromatic amines is 1. The molecule has 0 spiro atoms. The van der Waals surface area contributed by atoms with Gasteiger partial charge in [0.15, 0.2) is 0 Å². The molecule has 130 valence electrons. The van der Waals surface area contributed by atoms with Gasteiger partial charge >= 0.3 is 0 Å². The Labute approximate surface area is 154 Å². The second kappa shape index (κ2) is 6.05. The minimum atomic E-state index is -0.0561. The average molecular weight is 378 g/mol. The molecule has 0 fully saturated rings. The average Bonchev–Trinajstić information content (AvgIpc) is 3.20. The van der Waals surface area contributed by atoms with Gasteiger partial charge in [0.2, 0.25) is 5.91 Å². The Morgan fingerprint density at radius 1 is 1.44 bits per heavy atom. The quantitative estimate of drug-likeness (QED) is 0.720. The summed E-state index contributed by atoms with van der Waals surface area (Å²) >= 11 is 12.8. The maximum Gasteiger partial charge on any atom is 0.236 e. The standard InChI is InChI=1S/C17H17Cl2N5O/c1-23-4-2-13(22-23)9-6-11(18)16(19)17-15(9)10-8-24(14(25)7-20)5-3-12(10)21-17/h2,4,6,21H,3,5,7-8,20H2,1H3. The summed E-state index contributed by atoms with van der Waals surface area (Å²) in [6, 6.07) is 3.77. The van der Waals surface area contributed by atoms with E-state index in [-0.39, 0.29) is 12.5 Å². The van der Waals surface area contributed by atoms with E-state index < -0.39 is 0 Å². The first kappa shape index (κ1) is 16.4. The van der Waals surface area contributed by atoms with E-state index in [0.717, 1.165) is 39.8 Å². The molecule has 3 N–H and O–H groups in total. The van der Waals surface area contributed by atoms with Crippen LogP contribution in [0.15, 0.2) is 18.3 Å². The lowest BCUT2D eigenvalue weighted by atomic mass is 9.99. The summed E-state index contributed by atoms with van der Waals surface area (Å²) in [6.45, 7) is 1.15. The Morgan fingerprint density at radius 2 is 2.24 bits per heavy atom. The number of H-pyrrole nitrogens is 1. The van der Waals surface area contributed by atoms with Crippen LogP contribution < -0.4 is 5.73 Å². The van der Waals surface area contributed by atoms with Crippen molar-refractivity contribution in [2.75, 3.05) is 13.1 Å². The third-order valence-electron chi connectivity index (χ3n) is 4.66. The number of aromatic nitrogens is 3. The van der Waals surface area contributed by atoms with Gasteiger partial charge < -0.3 is 15.6 Å². The van der Waals surface area contributed by atoms with E-state index in [0.29, 0.717) is 23.1 Å². The van der Waals surface area contributed by atoms with Gasteiger partial charge in [-0.1, -0.05) is 23.2 Å². The van der Waals surface area contributed by atoms with E-state index in [1.54, 1.807) is 9.58 Å². The molecule has 3 aromatic rings.